The van der Waals surface area contributed by atoms with E-state index in [0.29, 0.717) is 6.04 Å². The quantitative estimate of drug-likeness (QED) is 0.761. The smallest absolute Gasteiger partial charge is 0.139 e. The minimum atomic E-state index is 0.496. The molecule has 4 nitrogen and oxygen atoms in total. The van der Waals surface area contributed by atoms with Crippen molar-refractivity contribution in [1.29, 1.82) is 0 Å². The molecule has 2 aromatic rings. The van der Waals surface area contributed by atoms with Crippen LogP contribution in [0, 0.1) is 11.8 Å². The second-order valence-electron chi connectivity index (χ2n) is 9.53. The topological polar surface area (TPSA) is 37.4 Å². The summed E-state index contributed by atoms with van der Waals surface area (Å²) in [6.07, 6.45) is 14.3. The average molecular weight is 406 g/mol. The Morgan fingerprint density at radius 2 is 1.87 bits per heavy atom. The van der Waals surface area contributed by atoms with E-state index >= 15 is 0 Å². The number of nitrogens with one attached hydrogen (secondary N) is 1. The van der Waals surface area contributed by atoms with Crippen LogP contribution in [0.1, 0.15) is 49.7 Å². The summed E-state index contributed by atoms with van der Waals surface area (Å²) in [5.74, 6) is 2.65. The number of hydrogen-bond acceptors (Lipinski definition) is 4. The third-order valence-electron chi connectivity index (χ3n) is 7.41. The number of nitrogens with zero attached hydrogens (tertiary/aromatic N) is 2. The molecule has 2 aliphatic heterocycles. The molecule has 0 amide bonds. The van der Waals surface area contributed by atoms with Gasteiger partial charge in [0.2, 0.25) is 0 Å². The maximum Gasteiger partial charge on any atom is 0.139 e. The Hall–Kier alpha value is -2.07. The molecule has 0 spiro atoms. The van der Waals surface area contributed by atoms with Crippen molar-refractivity contribution in [3.05, 3.63) is 53.9 Å². The largest absolute Gasteiger partial charge is 0.490 e. The molecule has 3 aliphatic rings. The number of fused-ring (bicyclic) bond motifs is 1. The Bertz CT molecular complexity index is 825. The molecule has 1 aromatic carbocycles. The summed E-state index contributed by atoms with van der Waals surface area (Å²) in [7, 11) is 0. The van der Waals surface area contributed by atoms with Crippen molar-refractivity contribution in [2.24, 2.45) is 11.8 Å². The SMILES string of the molecule is c1ccc2c(c1)CC[C@@H](CC1CCN(c3cncc(OC[C@@H]4CCCN4)c3)CC1)C2. The number of anilines is 1. The predicted octanol–water partition coefficient (Wildman–Crippen LogP) is 4.62. The van der Waals surface area contributed by atoms with E-state index in [-0.39, 0.29) is 0 Å². The van der Waals surface area contributed by atoms with Crippen molar-refractivity contribution in [3.8, 4) is 5.75 Å². The summed E-state index contributed by atoms with van der Waals surface area (Å²) in [5, 5.41) is 3.49. The molecule has 1 aromatic heterocycles. The number of pyridine rings is 1. The Morgan fingerprint density at radius 3 is 2.70 bits per heavy atom. The van der Waals surface area contributed by atoms with E-state index in [1.807, 2.05) is 12.4 Å². The first kappa shape index (κ1) is 19.9. The molecule has 1 aliphatic carbocycles. The van der Waals surface area contributed by atoms with Gasteiger partial charge in [0, 0.05) is 25.2 Å². The number of piperidine rings is 1. The third kappa shape index (κ3) is 4.80. The molecule has 3 heterocycles. The van der Waals surface area contributed by atoms with Gasteiger partial charge in [-0.15, -0.1) is 0 Å². The Morgan fingerprint density at radius 1 is 1.00 bits per heavy atom. The van der Waals surface area contributed by atoms with Crippen LogP contribution >= 0.6 is 0 Å². The van der Waals surface area contributed by atoms with Gasteiger partial charge in [-0.2, -0.15) is 0 Å². The predicted molar refractivity (Wildman–Crippen MR) is 122 cm³/mol. The molecule has 0 saturated carbocycles. The first-order valence-electron chi connectivity index (χ1n) is 12.0. The van der Waals surface area contributed by atoms with Crippen LogP contribution in [0.25, 0.3) is 0 Å². The minimum absolute atomic E-state index is 0.496. The number of aryl methyl sites for hydroxylation is 1. The Kier molecular flexibility index (Phi) is 6.21. The highest BCUT2D eigenvalue weighted by Gasteiger charge is 2.25. The second kappa shape index (κ2) is 9.38. The summed E-state index contributed by atoms with van der Waals surface area (Å²) in [6.45, 7) is 4.15. The van der Waals surface area contributed by atoms with Crippen LogP contribution in [0.4, 0.5) is 5.69 Å². The van der Waals surface area contributed by atoms with Gasteiger partial charge in [-0.05, 0) is 80.9 Å². The highest BCUT2D eigenvalue weighted by atomic mass is 16.5. The van der Waals surface area contributed by atoms with Crippen molar-refractivity contribution in [1.82, 2.24) is 10.3 Å². The second-order valence-corrected chi connectivity index (χ2v) is 9.53. The average Bonchev–Trinajstić information content (AvgIpc) is 3.32. The molecule has 0 unspecified atom stereocenters. The lowest BCUT2D eigenvalue weighted by molar-refractivity contribution is 0.276. The maximum atomic E-state index is 6.02. The fraction of sp³-hybridized carbons (Fsp3) is 0.577. The van der Waals surface area contributed by atoms with Gasteiger partial charge in [-0.1, -0.05) is 24.3 Å². The number of aromatic nitrogens is 1. The molecule has 2 atom stereocenters. The number of rotatable bonds is 6. The van der Waals surface area contributed by atoms with Gasteiger partial charge >= 0.3 is 0 Å². The molecule has 5 rings (SSSR count). The summed E-state index contributed by atoms with van der Waals surface area (Å²) < 4.78 is 6.02. The summed E-state index contributed by atoms with van der Waals surface area (Å²) in [4.78, 5) is 6.95. The van der Waals surface area contributed by atoms with Gasteiger partial charge in [0.05, 0.1) is 18.1 Å². The lowest BCUT2D eigenvalue weighted by atomic mass is 9.77. The first-order valence-corrected chi connectivity index (χ1v) is 12.0. The molecule has 4 heteroatoms. The van der Waals surface area contributed by atoms with Crippen LogP contribution in [0.15, 0.2) is 42.7 Å². The maximum absolute atomic E-state index is 6.02. The molecule has 2 saturated heterocycles. The van der Waals surface area contributed by atoms with Crippen LogP contribution in [-0.2, 0) is 12.8 Å². The summed E-state index contributed by atoms with van der Waals surface area (Å²) >= 11 is 0. The fourth-order valence-electron chi connectivity index (χ4n) is 5.63. The minimum Gasteiger partial charge on any atom is -0.490 e. The molecule has 2 fully saturated rings. The highest BCUT2D eigenvalue weighted by Crippen LogP contribution is 2.34. The Balaban J connectivity index is 1.10. The molecular formula is C26H35N3O. The van der Waals surface area contributed by atoms with E-state index in [9.17, 15) is 0 Å². The third-order valence-corrected chi connectivity index (χ3v) is 7.41. The fourth-order valence-corrected chi connectivity index (χ4v) is 5.63. The normalized spacial score (nSPS) is 24.6. The van der Waals surface area contributed by atoms with Gasteiger partial charge < -0.3 is 15.0 Å². The molecule has 0 radical (unpaired) electrons. The van der Waals surface area contributed by atoms with Crippen LogP contribution < -0.4 is 15.0 Å². The zero-order valence-electron chi connectivity index (χ0n) is 18.1. The van der Waals surface area contributed by atoms with E-state index in [0.717, 1.165) is 43.8 Å². The van der Waals surface area contributed by atoms with Crippen molar-refractivity contribution in [2.45, 2.75) is 57.4 Å². The van der Waals surface area contributed by atoms with Gasteiger partial charge in [0.1, 0.15) is 12.4 Å². The zero-order valence-corrected chi connectivity index (χ0v) is 18.1. The summed E-state index contributed by atoms with van der Waals surface area (Å²) in [5.41, 5.74) is 4.40. The van der Waals surface area contributed by atoms with E-state index < -0.39 is 0 Å². The van der Waals surface area contributed by atoms with Crippen molar-refractivity contribution < 1.29 is 4.74 Å². The lowest BCUT2D eigenvalue weighted by Crippen LogP contribution is -2.34. The van der Waals surface area contributed by atoms with E-state index in [2.05, 4.69) is 45.5 Å². The molecule has 160 valence electrons. The molecule has 0 bridgehead atoms. The van der Waals surface area contributed by atoms with Crippen molar-refractivity contribution >= 4 is 5.69 Å². The van der Waals surface area contributed by atoms with E-state index in [1.165, 1.54) is 57.1 Å². The summed E-state index contributed by atoms with van der Waals surface area (Å²) in [6, 6.07) is 11.7. The monoisotopic (exact) mass is 405 g/mol. The van der Waals surface area contributed by atoms with Crippen LogP contribution in [-0.4, -0.2) is 37.3 Å². The van der Waals surface area contributed by atoms with Crippen molar-refractivity contribution in [3.63, 3.8) is 0 Å². The van der Waals surface area contributed by atoms with Gasteiger partial charge in [-0.3, -0.25) is 4.98 Å². The molecule has 1 N–H and O–H groups in total. The van der Waals surface area contributed by atoms with Gasteiger partial charge in [-0.25, -0.2) is 0 Å². The standard InChI is InChI=1S/C26H35N3O/c1-2-5-23-15-21(7-8-22(23)4-1)14-20-9-12-29(13-10-20)25-16-26(18-27-17-25)30-19-24-6-3-11-28-24/h1-2,4-5,16-18,20-21,24,28H,3,6-15,19H2/t21-,24-/m0/s1. The molecular weight excluding hydrogens is 370 g/mol. The number of ether oxygens (including phenoxy) is 1. The molecule has 30 heavy (non-hydrogen) atoms. The van der Waals surface area contributed by atoms with Crippen LogP contribution in [0.5, 0.6) is 5.75 Å². The van der Waals surface area contributed by atoms with Crippen molar-refractivity contribution in [2.75, 3.05) is 31.1 Å². The zero-order chi connectivity index (χ0) is 20.2. The van der Waals surface area contributed by atoms with E-state index in [4.69, 9.17) is 4.74 Å². The van der Waals surface area contributed by atoms with Crippen LogP contribution in [0.3, 0.4) is 0 Å². The van der Waals surface area contributed by atoms with Gasteiger partial charge in [0.25, 0.3) is 0 Å². The van der Waals surface area contributed by atoms with Gasteiger partial charge in [0.15, 0.2) is 0 Å². The lowest BCUT2D eigenvalue weighted by Gasteiger charge is -2.36. The van der Waals surface area contributed by atoms with E-state index in [1.54, 1.807) is 11.1 Å². The van der Waals surface area contributed by atoms with Crippen LogP contribution in [0.2, 0.25) is 0 Å². The highest BCUT2D eigenvalue weighted by molar-refractivity contribution is 5.48. The first-order chi connectivity index (χ1) is 14.8. The number of benzene rings is 1. The Labute approximate surface area is 181 Å². The number of hydrogen-bond donors (Lipinski definition) is 1.